The number of fused-ring (bicyclic) bond motifs is 1. The molecule has 1 aliphatic rings. The zero-order chi connectivity index (χ0) is 23.8. The van der Waals surface area contributed by atoms with Crippen LogP contribution in [-0.4, -0.2) is 32.9 Å². The Hall–Kier alpha value is -3.33. The van der Waals surface area contributed by atoms with Gasteiger partial charge in [-0.05, 0) is 43.9 Å². The molecule has 2 amide bonds. The maximum absolute atomic E-state index is 12.8. The number of nitrogens with one attached hydrogen (secondary N) is 3. The molecule has 2 heterocycles. The number of rotatable bonds is 4. The number of nitrogens with zero attached hydrogens (tertiary/aromatic N) is 3. The number of hydrogen-bond donors (Lipinski definition) is 3. The van der Waals surface area contributed by atoms with E-state index in [2.05, 4.69) is 25.7 Å². The van der Waals surface area contributed by atoms with Gasteiger partial charge in [-0.15, -0.1) is 0 Å². The topological polar surface area (TPSA) is 114 Å². The third-order valence-corrected chi connectivity index (χ3v) is 5.74. The minimum absolute atomic E-state index is 0.165. The standard InChI is InChI=1S/C23H27ClN6O3/c1-23(2,3)18-12-19(27-22(32)26-16-11-13(24)9-10-17(16)33-4)30(29-18)21-25-15-8-6-5-7-14(15)20(31)28-21/h9-12H,5-8H2,1-4H3,(H,25,28,31)(H2,26,27,32). The zero-order valence-corrected chi connectivity index (χ0v) is 19.8. The third-order valence-electron chi connectivity index (χ3n) is 5.51. The molecule has 2 aromatic heterocycles. The lowest BCUT2D eigenvalue weighted by atomic mass is 9.92. The molecule has 0 bridgehead atoms. The summed E-state index contributed by atoms with van der Waals surface area (Å²) in [5, 5.41) is 10.7. The monoisotopic (exact) mass is 470 g/mol. The fourth-order valence-electron chi connectivity index (χ4n) is 3.74. The Morgan fingerprint density at radius 2 is 1.94 bits per heavy atom. The molecule has 33 heavy (non-hydrogen) atoms. The predicted molar refractivity (Wildman–Crippen MR) is 128 cm³/mol. The lowest BCUT2D eigenvalue weighted by molar-refractivity contribution is 0.262. The summed E-state index contributed by atoms with van der Waals surface area (Å²) in [7, 11) is 1.51. The van der Waals surface area contributed by atoms with Crippen LogP contribution in [0, 0.1) is 0 Å². The molecule has 0 saturated carbocycles. The smallest absolute Gasteiger partial charge is 0.324 e. The molecule has 9 nitrogen and oxygen atoms in total. The van der Waals surface area contributed by atoms with Crippen molar-refractivity contribution in [1.82, 2.24) is 19.7 Å². The van der Waals surface area contributed by atoms with Crippen molar-refractivity contribution in [2.75, 3.05) is 17.7 Å². The van der Waals surface area contributed by atoms with E-state index in [1.54, 1.807) is 24.3 Å². The molecule has 4 rings (SSSR count). The number of ether oxygens (including phenoxy) is 1. The van der Waals surface area contributed by atoms with Gasteiger partial charge < -0.3 is 10.1 Å². The third kappa shape index (κ3) is 4.88. The molecule has 10 heteroatoms. The summed E-state index contributed by atoms with van der Waals surface area (Å²) in [5.41, 5.74) is 2.22. The molecule has 0 saturated heterocycles. The molecule has 1 aliphatic carbocycles. The number of H-pyrrole nitrogens is 1. The number of hydrogen-bond acceptors (Lipinski definition) is 5. The molecule has 0 radical (unpaired) electrons. The molecule has 0 fully saturated rings. The van der Waals surface area contributed by atoms with E-state index in [-0.39, 0.29) is 16.9 Å². The molecule has 0 spiro atoms. The first-order valence-electron chi connectivity index (χ1n) is 10.8. The SMILES string of the molecule is COc1ccc(Cl)cc1NC(=O)Nc1cc(C(C)(C)C)nn1-c1nc2c(c(=O)[nH]1)CCCC2. The van der Waals surface area contributed by atoms with Crippen LogP contribution in [0.2, 0.25) is 5.02 Å². The Bertz CT molecular complexity index is 1260. The number of anilines is 2. The van der Waals surface area contributed by atoms with Crippen molar-refractivity contribution in [1.29, 1.82) is 0 Å². The number of aromatic nitrogens is 4. The number of benzene rings is 1. The summed E-state index contributed by atoms with van der Waals surface area (Å²) >= 11 is 6.07. The van der Waals surface area contributed by atoms with Crippen LogP contribution in [0.4, 0.5) is 16.3 Å². The molecule has 1 aromatic carbocycles. The van der Waals surface area contributed by atoms with Crippen molar-refractivity contribution in [2.24, 2.45) is 0 Å². The highest BCUT2D eigenvalue weighted by molar-refractivity contribution is 6.31. The Balaban J connectivity index is 1.70. The molecule has 0 unspecified atom stereocenters. The molecule has 0 aliphatic heterocycles. The van der Waals surface area contributed by atoms with Gasteiger partial charge >= 0.3 is 6.03 Å². The van der Waals surface area contributed by atoms with Gasteiger partial charge in [0.05, 0.1) is 24.2 Å². The number of aryl methyl sites for hydroxylation is 1. The second-order valence-electron chi connectivity index (χ2n) is 9.02. The van der Waals surface area contributed by atoms with E-state index in [0.29, 0.717) is 22.3 Å². The van der Waals surface area contributed by atoms with Crippen LogP contribution in [0.25, 0.3) is 5.95 Å². The van der Waals surface area contributed by atoms with E-state index in [0.717, 1.165) is 42.6 Å². The van der Waals surface area contributed by atoms with Crippen LogP contribution in [0.15, 0.2) is 29.1 Å². The number of methoxy groups -OCH3 is 1. The summed E-state index contributed by atoms with van der Waals surface area (Å²) in [6.45, 7) is 6.05. The van der Waals surface area contributed by atoms with Gasteiger partial charge in [0, 0.05) is 22.1 Å². The quantitative estimate of drug-likeness (QED) is 0.521. The van der Waals surface area contributed by atoms with Crippen LogP contribution in [0.3, 0.4) is 0 Å². The zero-order valence-electron chi connectivity index (χ0n) is 19.1. The molecule has 174 valence electrons. The lowest BCUT2D eigenvalue weighted by Crippen LogP contribution is -2.26. The van der Waals surface area contributed by atoms with Gasteiger partial charge in [-0.2, -0.15) is 9.78 Å². The second-order valence-corrected chi connectivity index (χ2v) is 9.46. The molecular weight excluding hydrogens is 444 g/mol. The van der Waals surface area contributed by atoms with E-state index in [4.69, 9.17) is 16.3 Å². The van der Waals surface area contributed by atoms with E-state index >= 15 is 0 Å². The van der Waals surface area contributed by atoms with Crippen LogP contribution in [0.1, 0.15) is 50.6 Å². The fraction of sp³-hybridized carbons (Fsp3) is 0.391. The van der Waals surface area contributed by atoms with Crippen molar-refractivity contribution in [3.63, 3.8) is 0 Å². The Labute approximate surface area is 196 Å². The largest absolute Gasteiger partial charge is 0.495 e. The van der Waals surface area contributed by atoms with E-state index in [1.165, 1.54) is 11.8 Å². The highest BCUT2D eigenvalue weighted by Gasteiger charge is 2.24. The summed E-state index contributed by atoms with van der Waals surface area (Å²) in [4.78, 5) is 33.0. The first-order chi connectivity index (χ1) is 15.7. The molecular formula is C23H27ClN6O3. The molecule has 3 N–H and O–H groups in total. The molecule has 0 atom stereocenters. The predicted octanol–water partition coefficient (Wildman–Crippen LogP) is 4.44. The maximum Gasteiger partial charge on any atom is 0.324 e. The Kier molecular flexibility index (Phi) is 6.16. The van der Waals surface area contributed by atoms with Gasteiger partial charge in [0.2, 0.25) is 5.95 Å². The number of carbonyl (C=O) groups is 1. The first kappa shape index (κ1) is 22.8. The second kappa shape index (κ2) is 8.90. The highest BCUT2D eigenvalue weighted by atomic mass is 35.5. The van der Waals surface area contributed by atoms with Crippen molar-refractivity contribution >= 4 is 29.1 Å². The fourth-order valence-corrected chi connectivity index (χ4v) is 3.91. The summed E-state index contributed by atoms with van der Waals surface area (Å²) in [5.74, 6) is 1.11. The van der Waals surface area contributed by atoms with Crippen LogP contribution in [-0.2, 0) is 18.3 Å². The normalized spacial score (nSPS) is 13.4. The Morgan fingerprint density at radius 3 is 2.67 bits per heavy atom. The van der Waals surface area contributed by atoms with Crippen LogP contribution < -0.4 is 20.9 Å². The highest BCUT2D eigenvalue weighted by Crippen LogP contribution is 2.29. The summed E-state index contributed by atoms with van der Waals surface area (Å²) < 4.78 is 6.75. The van der Waals surface area contributed by atoms with Gasteiger partial charge in [-0.3, -0.25) is 15.1 Å². The van der Waals surface area contributed by atoms with E-state index in [1.807, 2.05) is 20.8 Å². The van der Waals surface area contributed by atoms with Crippen molar-refractivity contribution < 1.29 is 9.53 Å². The van der Waals surface area contributed by atoms with Crippen LogP contribution in [0.5, 0.6) is 5.75 Å². The number of halogens is 1. The summed E-state index contributed by atoms with van der Waals surface area (Å²) in [6.07, 6.45) is 3.44. The maximum atomic E-state index is 12.8. The van der Waals surface area contributed by atoms with E-state index in [9.17, 15) is 9.59 Å². The van der Waals surface area contributed by atoms with Gasteiger partial charge in [0.1, 0.15) is 11.6 Å². The lowest BCUT2D eigenvalue weighted by Gasteiger charge is -2.16. The first-order valence-corrected chi connectivity index (χ1v) is 11.2. The Morgan fingerprint density at radius 1 is 1.18 bits per heavy atom. The minimum atomic E-state index is -0.516. The van der Waals surface area contributed by atoms with Crippen molar-refractivity contribution in [2.45, 2.75) is 51.9 Å². The van der Waals surface area contributed by atoms with Crippen molar-refractivity contribution in [3.05, 3.63) is 56.6 Å². The molecule has 3 aromatic rings. The van der Waals surface area contributed by atoms with Crippen molar-refractivity contribution in [3.8, 4) is 11.7 Å². The number of urea groups is 1. The van der Waals surface area contributed by atoms with Gasteiger partial charge in [0.15, 0.2) is 0 Å². The number of aromatic amines is 1. The van der Waals surface area contributed by atoms with Gasteiger partial charge in [-0.1, -0.05) is 32.4 Å². The van der Waals surface area contributed by atoms with E-state index < -0.39 is 6.03 Å². The van der Waals surface area contributed by atoms with Gasteiger partial charge in [0.25, 0.3) is 5.56 Å². The number of amides is 2. The average molecular weight is 471 g/mol. The van der Waals surface area contributed by atoms with Gasteiger partial charge in [-0.25, -0.2) is 9.78 Å². The van der Waals surface area contributed by atoms with Crippen LogP contribution >= 0.6 is 11.6 Å². The number of carbonyl (C=O) groups excluding carboxylic acids is 1. The minimum Gasteiger partial charge on any atom is -0.495 e. The average Bonchev–Trinajstić information content (AvgIpc) is 3.18. The summed E-state index contributed by atoms with van der Waals surface area (Å²) in [6, 6.07) is 6.19.